The van der Waals surface area contributed by atoms with E-state index < -0.39 is 35.8 Å². The Morgan fingerprint density at radius 2 is 0.471 bits per heavy atom. The Kier molecular flexibility index (Phi) is 45.1. The zero-order valence-corrected chi connectivity index (χ0v) is 34.1. The number of aliphatic carboxylic acids is 6. The largest absolute Gasteiger partial charge is 0.481 e. The van der Waals surface area contributed by atoms with E-state index in [2.05, 4.69) is 0 Å². The molecule has 300 valence electrons. The molecule has 0 rings (SSSR count). The van der Waals surface area contributed by atoms with Crippen LogP contribution in [0.15, 0.2) is 0 Å². The first-order valence-corrected chi connectivity index (χ1v) is 16.9. The standard InChI is InChI=1S/3C9H15NO4S2.3H3N/c3*11-7(12)3-1-5-10(9(15)16)6-2-4-8(13)14;;;/h3*1-6H2,(H,11,12)(H,13,14)(H,15,16);3*1H3. The quantitative estimate of drug-likeness (QED) is 0.0494. The molecule has 18 nitrogen and oxygen atoms in total. The van der Waals surface area contributed by atoms with E-state index in [0.29, 0.717) is 77.8 Å². The summed E-state index contributed by atoms with van der Waals surface area (Å²) in [5.74, 6) is -5.16. The highest BCUT2D eigenvalue weighted by Crippen LogP contribution is 2.03. The Hall–Kier alpha value is -2.97. The fourth-order valence-electron chi connectivity index (χ4n) is 3.41. The van der Waals surface area contributed by atoms with Gasteiger partial charge in [0.05, 0.1) is 0 Å². The van der Waals surface area contributed by atoms with Gasteiger partial charge >= 0.3 is 35.8 Å². The van der Waals surface area contributed by atoms with Gasteiger partial charge in [-0.05, 0) is 38.5 Å². The van der Waals surface area contributed by atoms with Crippen LogP contribution in [-0.2, 0) is 66.7 Å². The highest BCUT2D eigenvalue weighted by atomic mass is 32.1. The summed E-state index contributed by atoms with van der Waals surface area (Å²) in [5, 5.41) is 50.8. The number of thiocarbonyl (C=S) groups is 3. The van der Waals surface area contributed by atoms with E-state index in [4.69, 9.17) is 105 Å². The number of hydrogen-bond donors (Lipinski definition) is 9. The van der Waals surface area contributed by atoms with Crippen molar-refractivity contribution in [2.45, 2.75) is 77.0 Å². The zero-order valence-electron chi connectivity index (χ0n) is 29.2. The van der Waals surface area contributed by atoms with Gasteiger partial charge in [0.1, 0.15) is 0 Å². The lowest BCUT2D eigenvalue weighted by atomic mass is 10.2. The van der Waals surface area contributed by atoms with Gasteiger partial charge in [-0.15, -0.1) is 0 Å². The molecule has 0 aliphatic rings. The summed E-state index contributed by atoms with van der Waals surface area (Å²) in [6, 6.07) is 0. The first-order valence-electron chi connectivity index (χ1n) is 14.5. The predicted molar refractivity (Wildman–Crippen MR) is 214 cm³/mol. The molecular formula is C27H54N6O12S6. The third kappa shape index (κ3) is 47.0. The van der Waals surface area contributed by atoms with E-state index in [1.165, 1.54) is 0 Å². The maximum absolute atomic E-state index is 10.3. The maximum Gasteiger partial charge on any atom is 0.303 e. The minimum Gasteiger partial charge on any atom is -0.481 e. The van der Waals surface area contributed by atoms with Crippen molar-refractivity contribution in [2.24, 2.45) is 0 Å². The zero-order chi connectivity index (χ0) is 37.7. The second-order valence-electron chi connectivity index (χ2n) is 9.74. The first-order chi connectivity index (χ1) is 22.3. The van der Waals surface area contributed by atoms with E-state index in [1.54, 1.807) is 14.7 Å². The average Bonchev–Trinajstić information content (AvgIpc) is 2.94. The van der Waals surface area contributed by atoms with Crippen LogP contribution in [0.25, 0.3) is 0 Å². The Morgan fingerprint density at radius 3 is 0.549 bits per heavy atom. The van der Waals surface area contributed by atoms with Gasteiger partial charge < -0.3 is 138 Å². The highest BCUT2D eigenvalue weighted by molar-refractivity contribution is 8.00. The smallest absolute Gasteiger partial charge is 0.303 e. The SMILES string of the molecule is O=C(O)CCCN(CCCC(=O)O)C(=S)[S-].O=C(O)CCCN(CCCC(=O)O)C(=S)[S-].O=C(O)CCCN(CCCC(=O)O)C(=S)[S-].[NH4+].[NH4+].[NH4+]. The molecule has 18 N–H and O–H groups in total. The number of carbonyl (C=O) groups is 6. The van der Waals surface area contributed by atoms with Crippen LogP contribution >= 0.6 is 36.7 Å². The van der Waals surface area contributed by atoms with Gasteiger partial charge in [-0.25, -0.2) is 0 Å². The van der Waals surface area contributed by atoms with Crippen molar-refractivity contribution >= 4 is 123 Å². The van der Waals surface area contributed by atoms with Crippen molar-refractivity contribution in [3.63, 3.8) is 0 Å². The number of hydrogen-bond acceptors (Lipinski definition) is 12. The second-order valence-corrected chi connectivity index (χ2v) is 12.8. The molecule has 24 heteroatoms. The van der Waals surface area contributed by atoms with E-state index in [0.717, 1.165) is 0 Å². The van der Waals surface area contributed by atoms with Crippen molar-refractivity contribution in [1.82, 2.24) is 33.2 Å². The van der Waals surface area contributed by atoms with Crippen LogP contribution in [0.4, 0.5) is 0 Å². The molecule has 0 saturated heterocycles. The predicted octanol–water partition coefficient (Wildman–Crippen LogP) is 3.68. The van der Waals surface area contributed by atoms with Gasteiger partial charge in [-0.2, -0.15) is 0 Å². The van der Waals surface area contributed by atoms with E-state index in [-0.39, 0.29) is 69.9 Å². The molecular weight excluding hydrogens is 793 g/mol. The topological polar surface area (TPSA) is 343 Å². The molecule has 0 radical (unpaired) electrons. The first kappa shape index (κ1) is 60.1. The third-order valence-corrected chi connectivity index (χ3v) is 7.24. The molecule has 0 aromatic rings. The number of quaternary nitrogens is 3. The van der Waals surface area contributed by atoms with Crippen molar-refractivity contribution in [2.75, 3.05) is 39.3 Å². The number of nitrogens with zero attached hydrogens (tertiary/aromatic N) is 3. The van der Waals surface area contributed by atoms with Crippen molar-refractivity contribution in [1.29, 1.82) is 0 Å². The Morgan fingerprint density at radius 1 is 0.353 bits per heavy atom. The lowest BCUT2D eigenvalue weighted by Crippen LogP contribution is -2.30. The summed E-state index contributed by atoms with van der Waals surface area (Å²) < 4.78 is 0.780. The van der Waals surface area contributed by atoms with Crippen LogP contribution in [0, 0.1) is 0 Å². The molecule has 0 aromatic heterocycles. The Labute approximate surface area is 330 Å². The average molecular weight is 847 g/mol. The van der Waals surface area contributed by atoms with Gasteiger partial charge in [0, 0.05) is 77.8 Å². The summed E-state index contributed by atoms with van der Waals surface area (Å²) in [7, 11) is 0. The van der Waals surface area contributed by atoms with Gasteiger partial charge in [0.25, 0.3) is 0 Å². The summed E-state index contributed by atoms with van der Waals surface area (Å²) in [6.07, 6.45) is 3.12. The normalized spacial score (nSPS) is 9.18. The molecule has 0 aliphatic carbocycles. The van der Waals surface area contributed by atoms with Crippen LogP contribution < -0.4 is 18.5 Å². The molecule has 0 fully saturated rings. The van der Waals surface area contributed by atoms with Gasteiger partial charge in [0.2, 0.25) is 0 Å². The lowest BCUT2D eigenvalue weighted by Gasteiger charge is -2.28. The van der Waals surface area contributed by atoms with Crippen LogP contribution in [-0.4, -0.2) is 133 Å². The number of rotatable bonds is 24. The van der Waals surface area contributed by atoms with E-state index in [1.807, 2.05) is 0 Å². The fourth-order valence-corrected chi connectivity index (χ4v) is 4.51. The van der Waals surface area contributed by atoms with Gasteiger partial charge in [-0.3, -0.25) is 28.8 Å². The molecule has 0 aliphatic heterocycles. The monoisotopic (exact) mass is 846 g/mol. The summed E-state index contributed by atoms with van der Waals surface area (Å²) in [6.45, 7) is 2.80. The number of carboxylic acids is 6. The van der Waals surface area contributed by atoms with Crippen LogP contribution in [0.2, 0.25) is 0 Å². The molecule has 0 spiro atoms. The van der Waals surface area contributed by atoms with Gasteiger partial charge in [0.15, 0.2) is 0 Å². The summed E-state index contributed by atoms with van der Waals surface area (Å²) >= 11 is 28.9. The lowest BCUT2D eigenvalue weighted by molar-refractivity contribution is -0.138. The van der Waals surface area contributed by atoms with E-state index >= 15 is 0 Å². The molecule has 0 aromatic carbocycles. The van der Waals surface area contributed by atoms with E-state index in [9.17, 15) is 28.8 Å². The van der Waals surface area contributed by atoms with Crippen LogP contribution in [0.3, 0.4) is 0 Å². The molecule has 0 atom stereocenters. The van der Waals surface area contributed by atoms with Crippen molar-refractivity contribution < 1.29 is 59.4 Å². The number of carboxylic acid groups (broad SMARTS) is 6. The molecule has 0 bridgehead atoms. The fraction of sp³-hybridized carbons (Fsp3) is 0.667. The van der Waals surface area contributed by atoms with Crippen LogP contribution in [0.5, 0.6) is 0 Å². The second kappa shape index (κ2) is 38.3. The van der Waals surface area contributed by atoms with Crippen LogP contribution in [0.1, 0.15) is 77.0 Å². The Bertz CT molecular complexity index is 890. The molecule has 51 heavy (non-hydrogen) atoms. The van der Waals surface area contributed by atoms with Gasteiger partial charge in [-0.1, -0.05) is 13.0 Å². The molecule has 0 unspecified atom stereocenters. The molecule has 0 heterocycles. The van der Waals surface area contributed by atoms with Crippen molar-refractivity contribution in [3.05, 3.63) is 0 Å². The highest BCUT2D eigenvalue weighted by Gasteiger charge is 2.07. The molecule has 0 saturated carbocycles. The minimum atomic E-state index is -0.860. The third-order valence-electron chi connectivity index (χ3n) is 5.69. The maximum atomic E-state index is 10.3. The minimum absolute atomic E-state index is 0. The summed E-state index contributed by atoms with van der Waals surface area (Å²) in [5.41, 5.74) is 0. The van der Waals surface area contributed by atoms with Crippen molar-refractivity contribution in [3.8, 4) is 0 Å². The Balaban J connectivity index is -0.000000145. The molecule has 0 amide bonds. The summed E-state index contributed by atoms with van der Waals surface area (Å²) in [4.78, 5) is 66.8.